The Morgan fingerprint density at radius 3 is 3.00 bits per heavy atom. The van der Waals surface area contributed by atoms with E-state index in [-0.39, 0.29) is 5.97 Å². The lowest BCUT2D eigenvalue weighted by atomic mass is 10.0. The number of aromatic amines is 1. The maximum atomic E-state index is 11.2. The van der Waals surface area contributed by atoms with Crippen molar-refractivity contribution in [3.8, 4) is 0 Å². The molecule has 17 heavy (non-hydrogen) atoms. The molecule has 1 aromatic rings. The molecule has 0 bridgehead atoms. The van der Waals surface area contributed by atoms with Gasteiger partial charge in [-0.25, -0.2) is 9.78 Å². The highest BCUT2D eigenvalue weighted by Gasteiger charge is 2.15. The van der Waals surface area contributed by atoms with E-state index in [4.69, 9.17) is 0 Å². The number of nitrogens with zero attached hydrogens (tertiary/aromatic N) is 1. The largest absolute Gasteiger partial charge is 0.464 e. The van der Waals surface area contributed by atoms with Crippen LogP contribution in [-0.2, 0) is 10.5 Å². The monoisotopic (exact) mass is 254 g/mol. The number of thioether (sulfide) groups is 1. The number of aromatic nitrogens is 2. The van der Waals surface area contributed by atoms with Crippen LogP contribution >= 0.6 is 11.8 Å². The number of esters is 1. The van der Waals surface area contributed by atoms with Gasteiger partial charge in [0.1, 0.15) is 11.5 Å². The maximum Gasteiger partial charge on any atom is 0.356 e. The van der Waals surface area contributed by atoms with Crippen LogP contribution in [0.15, 0.2) is 6.20 Å². The van der Waals surface area contributed by atoms with Crippen LogP contribution in [0.3, 0.4) is 0 Å². The molecule has 0 spiro atoms. The molecule has 1 heterocycles. The zero-order valence-corrected chi connectivity index (χ0v) is 10.9. The topological polar surface area (TPSA) is 55.0 Å². The van der Waals surface area contributed by atoms with E-state index < -0.39 is 0 Å². The predicted octanol–water partition coefficient (Wildman–Crippen LogP) is 2.76. The fourth-order valence-corrected chi connectivity index (χ4v) is 3.29. The van der Waals surface area contributed by atoms with Crippen molar-refractivity contribution in [3.63, 3.8) is 0 Å². The van der Waals surface area contributed by atoms with Gasteiger partial charge in [0.25, 0.3) is 0 Å². The highest BCUT2D eigenvalue weighted by atomic mass is 32.2. The molecular formula is C12H18N2O2S. The number of rotatable bonds is 4. The normalized spacial score (nSPS) is 17.0. The first-order chi connectivity index (χ1) is 8.29. The molecule has 1 aliphatic rings. The van der Waals surface area contributed by atoms with E-state index in [1.54, 1.807) is 6.20 Å². The van der Waals surface area contributed by atoms with Crippen LogP contribution in [0.2, 0.25) is 0 Å². The number of hydrogen-bond donors (Lipinski definition) is 1. The lowest BCUT2D eigenvalue weighted by Crippen LogP contribution is -2.08. The Labute approximate surface area is 106 Å². The number of carbonyl (C=O) groups excluding carboxylic acids is 1. The second-order valence-electron chi connectivity index (χ2n) is 4.31. The second kappa shape index (κ2) is 6.10. The standard InChI is InChI=1S/C12H18N2O2S/c1-16-12(15)10-7-13-11(14-10)8-17-9-5-3-2-4-6-9/h7,9H,2-6,8H2,1H3,(H,13,14). The summed E-state index contributed by atoms with van der Waals surface area (Å²) in [5.74, 6) is 1.36. The van der Waals surface area contributed by atoms with E-state index in [1.165, 1.54) is 39.2 Å². The van der Waals surface area contributed by atoms with E-state index in [0.29, 0.717) is 5.69 Å². The minimum absolute atomic E-state index is 0.355. The van der Waals surface area contributed by atoms with Crippen LogP contribution < -0.4 is 0 Å². The first-order valence-corrected chi connectivity index (χ1v) is 7.08. The Morgan fingerprint density at radius 2 is 2.29 bits per heavy atom. The molecule has 0 radical (unpaired) electrons. The molecule has 0 aliphatic heterocycles. The molecule has 2 rings (SSSR count). The van der Waals surface area contributed by atoms with Crippen molar-refractivity contribution in [2.24, 2.45) is 0 Å². The molecule has 0 aromatic carbocycles. The third-order valence-electron chi connectivity index (χ3n) is 3.04. The van der Waals surface area contributed by atoms with Gasteiger partial charge in [-0.15, -0.1) is 0 Å². The number of methoxy groups -OCH3 is 1. The predicted molar refractivity (Wildman–Crippen MR) is 68.1 cm³/mol. The van der Waals surface area contributed by atoms with Crippen molar-refractivity contribution < 1.29 is 9.53 Å². The summed E-state index contributed by atoms with van der Waals surface area (Å²) >= 11 is 1.94. The summed E-state index contributed by atoms with van der Waals surface area (Å²) in [6, 6.07) is 0. The lowest BCUT2D eigenvalue weighted by Gasteiger charge is -2.20. The summed E-state index contributed by atoms with van der Waals surface area (Å²) in [7, 11) is 1.37. The van der Waals surface area contributed by atoms with Gasteiger partial charge in [0.05, 0.1) is 19.1 Å². The summed E-state index contributed by atoms with van der Waals surface area (Å²) < 4.78 is 4.63. The fourth-order valence-electron chi connectivity index (χ4n) is 2.08. The first-order valence-electron chi connectivity index (χ1n) is 6.03. The summed E-state index contributed by atoms with van der Waals surface area (Å²) in [6.07, 6.45) is 8.25. The highest BCUT2D eigenvalue weighted by Crippen LogP contribution is 2.29. The Morgan fingerprint density at radius 1 is 1.53 bits per heavy atom. The van der Waals surface area contributed by atoms with E-state index in [0.717, 1.165) is 16.8 Å². The van der Waals surface area contributed by atoms with Gasteiger partial charge < -0.3 is 9.72 Å². The van der Waals surface area contributed by atoms with Gasteiger partial charge in [0.2, 0.25) is 0 Å². The third kappa shape index (κ3) is 3.49. The number of carbonyl (C=O) groups is 1. The molecule has 1 fully saturated rings. The molecule has 0 atom stereocenters. The quantitative estimate of drug-likeness (QED) is 0.839. The van der Waals surface area contributed by atoms with Gasteiger partial charge >= 0.3 is 5.97 Å². The van der Waals surface area contributed by atoms with E-state index in [1.807, 2.05) is 11.8 Å². The summed E-state index contributed by atoms with van der Waals surface area (Å²) in [5, 5.41) is 0.760. The summed E-state index contributed by atoms with van der Waals surface area (Å²) in [5.41, 5.74) is 0.437. The Hall–Kier alpha value is -0.970. The molecular weight excluding hydrogens is 236 g/mol. The van der Waals surface area contributed by atoms with Gasteiger partial charge in [0.15, 0.2) is 0 Å². The van der Waals surface area contributed by atoms with Gasteiger partial charge in [-0.2, -0.15) is 11.8 Å². The Bertz CT molecular complexity index is 372. The molecule has 1 saturated carbocycles. The van der Waals surface area contributed by atoms with Gasteiger partial charge in [-0.05, 0) is 12.8 Å². The van der Waals surface area contributed by atoms with E-state index >= 15 is 0 Å². The molecule has 1 N–H and O–H groups in total. The summed E-state index contributed by atoms with van der Waals surface area (Å²) in [4.78, 5) is 18.4. The molecule has 0 saturated heterocycles. The second-order valence-corrected chi connectivity index (χ2v) is 5.59. The summed E-state index contributed by atoms with van der Waals surface area (Å²) in [6.45, 7) is 0. The molecule has 4 nitrogen and oxygen atoms in total. The third-order valence-corrected chi connectivity index (χ3v) is 4.42. The zero-order valence-electron chi connectivity index (χ0n) is 10.1. The average Bonchev–Trinajstić information content (AvgIpc) is 2.85. The first kappa shape index (κ1) is 12.5. The molecule has 0 unspecified atom stereocenters. The number of imidazole rings is 1. The number of H-pyrrole nitrogens is 1. The van der Waals surface area contributed by atoms with Gasteiger partial charge in [-0.3, -0.25) is 0 Å². The molecule has 1 aromatic heterocycles. The van der Waals surface area contributed by atoms with Crippen molar-refractivity contribution >= 4 is 17.7 Å². The van der Waals surface area contributed by atoms with Crippen LogP contribution in [0.4, 0.5) is 0 Å². The van der Waals surface area contributed by atoms with Crippen LogP contribution in [0, 0.1) is 0 Å². The lowest BCUT2D eigenvalue weighted by molar-refractivity contribution is 0.0594. The smallest absolute Gasteiger partial charge is 0.356 e. The van der Waals surface area contributed by atoms with Crippen molar-refractivity contribution in [2.45, 2.75) is 43.1 Å². The highest BCUT2D eigenvalue weighted by molar-refractivity contribution is 7.99. The minimum atomic E-state index is -0.355. The zero-order chi connectivity index (χ0) is 12.1. The van der Waals surface area contributed by atoms with Crippen molar-refractivity contribution in [2.75, 3.05) is 7.11 Å². The van der Waals surface area contributed by atoms with Gasteiger partial charge in [-0.1, -0.05) is 19.3 Å². The molecule has 0 amide bonds. The van der Waals surface area contributed by atoms with E-state index in [2.05, 4.69) is 14.7 Å². The van der Waals surface area contributed by atoms with Crippen LogP contribution in [0.1, 0.15) is 48.4 Å². The molecule has 1 aliphatic carbocycles. The van der Waals surface area contributed by atoms with Crippen molar-refractivity contribution in [1.29, 1.82) is 0 Å². The fraction of sp³-hybridized carbons (Fsp3) is 0.667. The van der Waals surface area contributed by atoms with Crippen LogP contribution in [0.25, 0.3) is 0 Å². The van der Waals surface area contributed by atoms with Crippen molar-refractivity contribution in [1.82, 2.24) is 9.97 Å². The number of hydrogen-bond acceptors (Lipinski definition) is 4. The Balaban J connectivity index is 1.82. The average molecular weight is 254 g/mol. The van der Waals surface area contributed by atoms with Gasteiger partial charge in [0, 0.05) is 5.25 Å². The SMILES string of the molecule is COC(=O)c1cnc(CSC2CCCCC2)[nH]1. The Kier molecular flexibility index (Phi) is 4.48. The molecule has 94 valence electrons. The van der Waals surface area contributed by atoms with Crippen molar-refractivity contribution in [3.05, 3.63) is 17.7 Å². The molecule has 5 heteroatoms. The van der Waals surface area contributed by atoms with Crippen LogP contribution in [0.5, 0.6) is 0 Å². The maximum absolute atomic E-state index is 11.2. The number of ether oxygens (including phenoxy) is 1. The van der Waals surface area contributed by atoms with E-state index in [9.17, 15) is 4.79 Å². The number of nitrogens with one attached hydrogen (secondary N) is 1. The van der Waals surface area contributed by atoms with Crippen LogP contribution in [-0.4, -0.2) is 28.3 Å². The minimum Gasteiger partial charge on any atom is -0.464 e.